The molecule has 0 spiro atoms. The van der Waals surface area contributed by atoms with Gasteiger partial charge in [0.1, 0.15) is 24.1 Å². The second kappa shape index (κ2) is 8.95. The van der Waals surface area contributed by atoms with Gasteiger partial charge in [0.05, 0.1) is 6.61 Å². The average molecular weight is 445 g/mol. The summed E-state index contributed by atoms with van der Waals surface area (Å²) in [4.78, 5) is 6.41. The first-order chi connectivity index (χ1) is 15.5. The molecule has 0 amide bonds. The number of ether oxygens (including phenoxy) is 2. The van der Waals surface area contributed by atoms with Gasteiger partial charge in [0.25, 0.3) is 0 Å². The Hall–Kier alpha value is -1.64. The third-order valence-electron chi connectivity index (χ3n) is 7.84. The highest BCUT2D eigenvalue weighted by Gasteiger charge is 2.40. The minimum atomic E-state index is -1.30. The van der Waals surface area contributed by atoms with Crippen molar-refractivity contribution in [3.05, 3.63) is 29.5 Å². The fourth-order valence-electron chi connectivity index (χ4n) is 5.92. The Morgan fingerprint density at radius 2 is 2.06 bits per heavy atom. The predicted octanol–water partition coefficient (Wildman–Crippen LogP) is 2.53. The Labute approximate surface area is 189 Å². The van der Waals surface area contributed by atoms with Crippen LogP contribution in [0.3, 0.4) is 0 Å². The summed E-state index contributed by atoms with van der Waals surface area (Å²) >= 11 is 0. The van der Waals surface area contributed by atoms with Crippen LogP contribution in [0.15, 0.2) is 18.2 Å². The number of aromatic amines is 1. The maximum absolute atomic E-state index is 10.2. The number of piperidine rings is 1. The van der Waals surface area contributed by atoms with E-state index in [-0.39, 0.29) is 6.61 Å². The van der Waals surface area contributed by atoms with Crippen LogP contribution in [-0.4, -0.2) is 75.5 Å². The number of aliphatic hydroxyl groups is 3. The van der Waals surface area contributed by atoms with Gasteiger partial charge >= 0.3 is 0 Å². The van der Waals surface area contributed by atoms with Gasteiger partial charge in [-0.25, -0.2) is 0 Å². The predicted molar refractivity (Wildman–Crippen MR) is 122 cm³/mol. The molecular formula is C25H36N2O5. The first kappa shape index (κ1) is 22.2. The number of unbranched alkanes of at least 4 members (excludes halogenated alkanes) is 1. The molecule has 2 aromatic rings. The van der Waals surface area contributed by atoms with Crippen LogP contribution >= 0.6 is 0 Å². The van der Waals surface area contributed by atoms with E-state index in [4.69, 9.17) is 9.47 Å². The third kappa shape index (κ3) is 3.94. The lowest BCUT2D eigenvalue weighted by Crippen LogP contribution is -2.54. The van der Waals surface area contributed by atoms with Crippen LogP contribution in [-0.2, 0) is 11.2 Å². The summed E-state index contributed by atoms with van der Waals surface area (Å²) in [6, 6.07) is 6.45. The molecule has 2 saturated heterocycles. The van der Waals surface area contributed by atoms with Crippen molar-refractivity contribution in [1.82, 2.24) is 9.88 Å². The quantitative estimate of drug-likeness (QED) is 0.566. The summed E-state index contributed by atoms with van der Waals surface area (Å²) in [5, 5.41) is 31.0. The second-order valence-electron chi connectivity index (χ2n) is 9.93. The highest BCUT2D eigenvalue weighted by atomic mass is 16.7. The molecule has 2 bridgehead atoms. The van der Waals surface area contributed by atoms with Gasteiger partial charge in [0, 0.05) is 41.6 Å². The molecule has 0 saturated carbocycles. The smallest absolute Gasteiger partial charge is 0.228 e. The molecular weight excluding hydrogens is 408 g/mol. The molecule has 7 nitrogen and oxygen atoms in total. The molecule has 7 heteroatoms. The number of fused-ring (bicyclic) bond motifs is 6. The molecule has 1 aromatic heterocycles. The van der Waals surface area contributed by atoms with Gasteiger partial charge in [-0.1, -0.05) is 19.8 Å². The highest BCUT2D eigenvalue weighted by molar-refractivity contribution is 5.86. The SMILES string of the molecule is CCCC[C@H]1C[C@H]2c3[nH]c4ccc(OC5OC[C@@H](O)[C@@H](O)[C@H]5O)cc4c3CC[N@@](C1)C2C. The molecule has 1 aromatic carbocycles. The number of H-pyrrole nitrogens is 1. The van der Waals surface area contributed by atoms with Crippen LogP contribution in [0.25, 0.3) is 10.9 Å². The van der Waals surface area contributed by atoms with Crippen LogP contribution in [0.2, 0.25) is 0 Å². The lowest BCUT2D eigenvalue weighted by atomic mass is 9.80. The number of aromatic nitrogens is 1. The van der Waals surface area contributed by atoms with Crippen LogP contribution in [0.4, 0.5) is 0 Å². The number of benzene rings is 1. The molecule has 0 radical (unpaired) electrons. The van der Waals surface area contributed by atoms with Crippen LogP contribution in [0, 0.1) is 5.92 Å². The molecule has 8 atom stereocenters. The zero-order valence-electron chi connectivity index (χ0n) is 19.0. The number of aliphatic hydroxyl groups excluding tert-OH is 3. The van der Waals surface area contributed by atoms with E-state index in [1.54, 1.807) is 0 Å². The van der Waals surface area contributed by atoms with Gasteiger partial charge < -0.3 is 29.8 Å². The molecule has 2 fully saturated rings. The highest BCUT2D eigenvalue weighted by Crippen LogP contribution is 2.43. The lowest BCUT2D eigenvalue weighted by molar-refractivity contribution is -0.242. The van der Waals surface area contributed by atoms with Crippen molar-refractivity contribution in [2.75, 3.05) is 19.7 Å². The molecule has 0 aliphatic carbocycles. The lowest BCUT2D eigenvalue weighted by Gasteiger charge is -2.42. The second-order valence-corrected chi connectivity index (χ2v) is 9.93. The zero-order valence-corrected chi connectivity index (χ0v) is 19.0. The van der Waals surface area contributed by atoms with Crippen molar-refractivity contribution in [2.45, 2.75) is 82.5 Å². The van der Waals surface area contributed by atoms with Crippen molar-refractivity contribution < 1.29 is 24.8 Å². The van der Waals surface area contributed by atoms with Gasteiger partial charge in [-0.05, 0) is 55.9 Å². The Balaban J connectivity index is 1.42. The van der Waals surface area contributed by atoms with Crippen molar-refractivity contribution in [3.8, 4) is 5.75 Å². The first-order valence-corrected chi connectivity index (χ1v) is 12.2. The van der Waals surface area contributed by atoms with Gasteiger partial charge in [0.15, 0.2) is 0 Å². The van der Waals surface area contributed by atoms with Crippen molar-refractivity contribution in [3.63, 3.8) is 0 Å². The summed E-state index contributed by atoms with van der Waals surface area (Å²) in [5.41, 5.74) is 3.86. The summed E-state index contributed by atoms with van der Waals surface area (Å²) in [5.74, 6) is 1.87. The van der Waals surface area contributed by atoms with Crippen molar-refractivity contribution in [2.24, 2.45) is 5.92 Å². The zero-order chi connectivity index (χ0) is 22.4. The standard InChI is InChI=1S/C25H36N2O5/c1-3-4-5-15-10-18-14(2)27(12-15)9-8-17-19-11-16(6-7-20(19)26-22(17)18)32-25-24(30)23(29)21(28)13-31-25/h6-7,11,14-15,18,21,23-26,28-30H,3-5,8-10,12-13H2,1-2H3/t14?,15-,18+,21+,23+,24+,25?/m0/s1. The van der Waals surface area contributed by atoms with E-state index in [0.717, 1.165) is 29.8 Å². The summed E-state index contributed by atoms with van der Waals surface area (Å²) in [7, 11) is 0. The van der Waals surface area contributed by atoms with E-state index in [9.17, 15) is 15.3 Å². The maximum atomic E-state index is 10.2. The minimum Gasteiger partial charge on any atom is -0.462 e. The largest absolute Gasteiger partial charge is 0.462 e. The van der Waals surface area contributed by atoms with E-state index < -0.39 is 24.6 Å². The van der Waals surface area contributed by atoms with E-state index in [2.05, 4.69) is 23.7 Å². The average Bonchev–Trinajstić information content (AvgIpc) is 3.12. The van der Waals surface area contributed by atoms with Crippen LogP contribution in [0.5, 0.6) is 5.75 Å². The Kier molecular flexibility index (Phi) is 6.20. The number of nitrogens with zero attached hydrogens (tertiary/aromatic N) is 1. The maximum Gasteiger partial charge on any atom is 0.228 e. The monoisotopic (exact) mass is 444 g/mol. The third-order valence-corrected chi connectivity index (χ3v) is 7.84. The van der Waals surface area contributed by atoms with Gasteiger partial charge in [0.2, 0.25) is 6.29 Å². The van der Waals surface area contributed by atoms with Crippen molar-refractivity contribution in [1.29, 1.82) is 0 Å². The molecule has 3 aliphatic heterocycles. The fraction of sp³-hybridized carbons (Fsp3) is 0.680. The molecule has 176 valence electrons. The minimum absolute atomic E-state index is 0.0701. The van der Waals surface area contributed by atoms with E-state index in [1.165, 1.54) is 43.5 Å². The molecule has 4 heterocycles. The van der Waals surface area contributed by atoms with E-state index >= 15 is 0 Å². The summed E-state index contributed by atoms with van der Waals surface area (Å²) in [6.07, 6.45) is 1.43. The topological polar surface area (TPSA) is 98.2 Å². The normalized spacial score (nSPS) is 37.2. The molecule has 32 heavy (non-hydrogen) atoms. The molecule has 2 unspecified atom stereocenters. The molecule has 4 N–H and O–H groups in total. The van der Waals surface area contributed by atoms with Crippen LogP contribution < -0.4 is 4.74 Å². The fourth-order valence-corrected chi connectivity index (χ4v) is 5.92. The number of hydrogen-bond donors (Lipinski definition) is 4. The Morgan fingerprint density at radius 3 is 2.88 bits per heavy atom. The van der Waals surface area contributed by atoms with Gasteiger partial charge in [-0.2, -0.15) is 0 Å². The summed E-state index contributed by atoms with van der Waals surface area (Å²) in [6.45, 7) is 6.85. The molecule has 3 aliphatic rings. The summed E-state index contributed by atoms with van der Waals surface area (Å²) < 4.78 is 11.3. The van der Waals surface area contributed by atoms with Crippen molar-refractivity contribution >= 4 is 10.9 Å². The van der Waals surface area contributed by atoms with E-state index in [1.807, 2.05) is 18.2 Å². The molecule has 5 rings (SSSR count). The Morgan fingerprint density at radius 1 is 1.22 bits per heavy atom. The van der Waals surface area contributed by atoms with Gasteiger partial charge in [-0.3, -0.25) is 4.90 Å². The number of hydrogen-bond acceptors (Lipinski definition) is 6. The Bertz CT molecular complexity index is 946. The van der Waals surface area contributed by atoms with E-state index in [0.29, 0.717) is 17.7 Å². The van der Waals surface area contributed by atoms with Gasteiger partial charge in [-0.15, -0.1) is 0 Å². The number of rotatable bonds is 5. The number of nitrogens with one attached hydrogen (secondary N) is 1. The van der Waals surface area contributed by atoms with Crippen LogP contribution in [0.1, 0.15) is 56.7 Å². The first-order valence-electron chi connectivity index (χ1n) is 12.2.